The van der Waals surface area contributed by atoms with Crippen molar-refractivity contribution >= 4 is 17.0 Å². The summed E-state index contributed by atoms with van der Waals surface area (Å²) in [5.74, 6) is 0. The minimum absolute atomic E-state index is 0.126. The monoisotopic (exact) mass is 321 g/mol. The van der Waals surface area contributed by atoms with E-state index in [1.807, 2.05) is 0 Å². The lowest BCUT2D eigenvalue weighted by Gasteiger charge is -2.34. The quantitative estimate of drug-likeness (QED) is 0.726. The molecule has 0 aromatic rings. The van der Waals surface area contributed by atoms with Crippen molar-refractivity contribution in [2.24, 2.45) is 10.8 Å². The van der Waals surface area contributed by atoms with E-state index in [2.05, 4.69) is 57.7 Å². The first-order chi connectivity index (χ1) is 10.2. The van der Waals surface area contributed by atoms with Crippen LogP contribution < -0.4 is 0 Å². The summed E-state index contributed by atoms with van der Waals surface area (Å²) in [6.45, 7) is 12.8. The summed E-state index contributed by atoms with van der Waals surface area (Å²) in [5.41, 5.74) is 1.67. The summed E-state index contributed by atoms with van der Waals surface area (Å²) < 4.78 is 5.50. The van der Waals surface area contributed by atoms with Gasteiger partial charge in [-0.05, 0) is 17.3 Å². The molecule has 0 bridgehead atoms. The van der Waals surface area contributed by atoms with Crippen LogP contribution in [0.5, 0.6) is 0 Å². The molecule has 0 saturated carbocycles. The molecular weight excluding hydrogens is 294 g/mol. The molecule has 2 fully saturated rings. The van der Waals surface area contributed by atoms with Gasteiger partial charge in [-0.2, -0.15) is 0 Å². The van der Waals surface area contributed by atoms with Gasteiger partial charge in [0, 0.05) is 6.54 Å². The molecule has 3 atom stereocenters. The lowest BCUT2D eigenvalue weighted by Crippen LogP contribution is -2.41. The van der Waals surface area contributed by atoms with Gasteiger partial charge in [-0.1, -0.05) is 70.2 Å². The van der Waals surface area contributed by atoms with Gasteiger partial charge in [0.2, 0.25) is 0 Å². The van der Waals surface area contributed by atoms with E-state index in [-0.39, 0.29) is 27.4 Å². The molecule has 3 nitrogen and oxygen atoms in total. The van der Waals surface area contributed by atoms with Crippen molar-refractivity contribution in [3.8, 4) is 0 Å². The van der Waals surface area contributed by atoms with Gasteiger partial charge in [-0.25, -0.2) is 0 Å². The van der Waals surface area contributed by atoms with Crippen molar-refractivity contribution in [3.63, 3.8) is 0 Å². The van der Waals surface area contributed by atoms with Crippen LogP contribution in [0.2, 0.25) is 0 Å². The number of hydrogen-bond donors (Lipinski definition) is 0. The molecule has 0 spiro atoms. The molecule has 3 aliphatic rings. The maximum Gasteiger partial charge on any atom is 0.282 e. The van der Waals surface area contributed by atoms with E-state index in [0.29, 0.717) is 6.10 Å². The van der Waals surface area contributed by atoms with Gasteiger partial charge in [0.1, 0.15) is 0 Å². The minimum Gasteiger partial charge on any atom is -0.373 e. The molecule has 1 amide bonds. The fourth-order valence-corrected chi connectivity index (χ4v) is 4.63. The predicted octanol–water partition coefficient (Wildman–Crippen LogP) is 4.25. The Hall–Kier alpha value is -0.740. The van der Waals surface area contributed by atoms with Crippen LogP contribution in [0.15, 0.2) is 23.8 Å². The zero-order valence-electron chi connectivity index (χ0n) is 14.3. The summed E-state index contributed by atoms with van der Waals surface area (Å²) in [6, 6.07) is 0.215. The molecular formula is C18H27NO2S. The Morgan fingerprint density at radius 2 is 2.00 bits per heavy atom. The summed E-state index contributed by atoms with van der Waals surface area (Å²) in [6.07, 6.45) is 7.93. The smallest absolute Gasteiger partial charge is 0.282 e. The molecule has 2 heterocycles. The van der Waals surface area contributed by atoms with Crippen molar-refractivity contribution in [2.45, 2.75) is 58.4 Å². The van der Waals surface area contributed by atoms with Crippen molar-refractivity contribution in [1.29, 1.82) is 0 Å². The lowest BCUT2D eigenvalue weighted by atomic mass is 9.79. The molecule has 2 saturated heterocycles. The molecule has 3 rings (SSSR count). The van der Waals surface area contributed by atoms with Crippen LogP contribution >= 0.6 is 11.8 Å². The molecule has 0 aromatic carbocycles. The van der Waals surface area contributed by atoms with Crippen LogP contribution in [0.4, 0.5) is 4.79 Å². The highest BCUT2D eigenvalue weighted by Gasteiger charge is 2.46. The van der Waals surface area contributed by atoms with Gasteiger partial charge in [-0.15, -0.1) is 0 Å². The number of amides is 1. The third-order valence-electron chi connectivity index (χ3n) is 4.63. The SMILES string of the molecule is CC(C)(C)CN1C(=O)SC2C(CC(C)(C)C3CO3)=CC=CC21. The highest BCUT2D eigenvalue weighted by molar-refractivity contribution is 8.14. The molecule has 0 aromatic heterocycles. The van der Waals surface area contributed by atoms with E-state index in [1.165, 1.54) is 17.3 Å². The van der Waals surface area contributed by atoms with Gasteiger partial charge < -0.3 is 9.64 Å². The third kappa shape index (κ3) is 3.28. The number of epoxide rings is 1. The first-order valence-electron chi connectivity index (χ1n) is 8.13. The van der Waals surface area contributed by atoms with E-state index in [0.717, 1.165) is 19.6 Å². The van der Waals surface area contributed by atoms with Crippen LogP contribution in [-0.4, -0.2) is 40.7 Å². The van der Waals surface area contributed by atoms with Crippen molar-refractivity contribution in [2.75, 3.05) is 13.2 Å². The number of ether oxygens (including phenoxy) is 1. The van der Waals surface area contributed by atoms with E-state index in [4.69, 9.17) is 4.74 Å². The number of hydrogen-bond acceptors (Lipinski definition) is 3. The highest BCUT2D eigenvalue weighted by atomic mass is 32.2. The first kappa shape index (κ1) is 16.1. The summed E-state index contributed by atoms with van der Waals surface area (Å²) in [7, 11) is 0. The van der Waals surface area contributed by atoms with E-state index >= 15 is 0 Å². The number of allylic oxidation sites excluding steroid dienone is 2. The Balaban J connectivity index is 1.75. The molecule has 2 aliphatic heterocycles. The Morgan fingerprint density at radius 1 is 1.32 bits per heavy atom. The van der Waals surface area contributed by atoms with E-state index < -0.39 is 0 Å². The molecule has 22 heavy (non-hydrogen) atoms. The summed E-state index contributed by atoms with van der Waals surface area (Å²) >= 11 is 1.51. The van der Waals surface area contributed by atoms with E-state index in [9.17, 15) is 4.79 Å². The fraction of sp³-hybridized carbons (Fsp3) is 0.722. The number of fused-ring (bicyclic) bond motifs is 1. The van der Waals surface area contributed by atoms with Gasteiger partial charge in [0.25, 0.3) is 5.24 Å². The Labute approximate surface area is 138 Å². The number of nitrogens with zero attached hydrogens (tertiary/aromatic N) is 1. The predicted molar refractivity (Wildman–Crippen MR) is 92.1 cm³/mol. The number of thioether (sulfide) groups is 1. The Morgan fingerprint density at radius 3 is 2.59 bits per heavy atom. The van der Waals surface area contributed by atoms with Gasteiger partial charge >= 0.3 is 0 Å². The van der Waals surface area contributed by atoms with Gasteiger partial charge in [-0.3, -0.25) is 4.79 Å². The molecule has 0 N–H and O–H groups in total. The molecule has 122 valence electrons. The maximum absolute atomic E-state index is 12.5. The normalized spacial score (nSPS) is 31.3. The zero-order chi connectivity index (χ0) is 16.1. The van der Waals surface area contributed by atoms with E-state index in [1.54, 1.807) is 0 Å². The largest absolute Gasteiger partial charge is 0.373 e. The minimum atomic E-state index is 0.126. The van der Waals surface area contributed by atoms with Crippen molar-refractivity contribution in [1.82, 2.24) is 4.90 Å². The van der Waals surface area contributed by atoms with Crippen molar-refractivity contribution in [3.05, 3.63) is 23.8 Å². The number of carbonyl (C=O) groups is 1. The second-order valence-corrected chi connectivity index (χ2v) is 9.69. The topological polar surface area (TPSA) is 32.8 Å². The zero-order valence-corrected chi connectivity index (χ0v) is 15.1. The standard InChI is InChI=1S/C18H27NO2S/c1-17(2,3)11-19-13-8-6-7-12(15(13)22-16(19)20)9-18(4,5)14-10-21-14/h6-8,13-15H,9-11H2,1-5H3. The van der Waals surface area contributed by atoms with Crippen molar-refractivity contribution < 1.29 is 9.53 Å². The first-order valence-corrected chi connectivity index (χ1v) is 9.01. The lowest BCUT2D eigenvalue weighted by molar-refractivity contribution is 0.185. The summed E-state index contributed by atoms with van der Waals surface area (Å²) in [5, 5.41) is 0.501. The van der Waals surface area contributed by atoms with Gasteiger partial charge in [0.15, 0.2) is 0 Å². The average Bonchev–Trinajstić information content (AvgIpc) is 3.17. The second kappa shape index (κ2) is 5.41. The second-order valence-electron chi connectivity index (χ2n) is 8.60. The maximum atomic E-state index is 12.5. The molecule has 1 aliphatic carbocycles. The van der Waals surface area contributed by atoms with Crippen LogP contribution in [0.1, 0.15) is 41.0 Å². The van der Waals surface area contributed by atoms with Crippen LogP contribution in [0.25, 0.3) is 0 Å². The molecule has 0 radical (unpaired) electrons. The Bertz CT molecular complexity index is 526. The van der Waals surface area contributed by atoms with Gasteiger partial charge in [0.05, 0.1) is 24.0 Å². The summed E-state index contributed by atoms with van der Waals surface area (Å²) in [4.78, 5) is 14.5. The molecule has 3 unspecified atom stereocenters. The number of rotatable bonds is 4. The average molecular weight is 321 g/mol. The van der Waals surface area contributed by atoms with Crippen LogP contribution in [-0.2, 0) is 4.74 Å². The van der Waals surface area contributed by atoms with Crippen LogP contribution in [0, 0.1) is 10.8 Å². The van der Waals surface area contributed by atoms with Crippen LogP contribution in [0.3, 0.4) is 0 Å². The Kier molecular flexibility index (Phi) is 3.97. The fourth-order valence-electron chi connectivity index (χ4n) is 3.40. The number of carbonyl (C=O) groups excluding carboxylic acids is 1. The highest BCUT2D eigenvalue weighted by Crippen LogP contribution is 2.46. The third-order valence-corrected chi connectivity index (χ3v) is 5.90. The molecule has 4 heteroatoms.